The zero-order chi connectivity index (χ0) is 54.0. The van der Waals surface area contributed by atoms with Crippen LogP contribution in [0.15, 0.2) is 243 Å². The van der Waals surface area contributed by atoms with Crippen molar-refractivity contribution in [2.75, 3.05) is 13.2 Å². The highest BCUT2D eigenvalue weighted by molar-refractivity contribution is 5.23. The van der Waals surface area contributed by atoms with Crippen LogP contribution in [0.25, 0.3) is 0 Å². The molecule has 0 N–H and O–H groups in total. The molecule has 0 amide bonds. The van der Waals surface area contributed by atoms with E-state index in [9.17, 15) is 0 Å². The van der Waals surface area contributed by atoms with Gasteiger partial charge in [-0.3, -0.25) is 4.74 Å². The van der Waals surface area contributed by atoms with E-state index in [-0.39, 0.29) is 46.2 Å². The first-order chi connectivity index (χ1) is 39.6. The van der Waals surface area contributed by atoms with Crippen molar-refractivity contribution in [3.05, 3.63) is 287 Å². The quantitative estimate of drug-likeness (QED) is 0.0515. The molecule has 3 fully saturated rings. The fourth-order valence-corrected chi connectivity index (χ4v) is 10.3. The van der Waals surface area contributed by atoms with Gasteiger partial charge < -0.3 is 52.1 Å². The van der Waals surface area contributed by atoms with Gasteiger partial charge >= 0.3 is 5.97 Å². The summed E-state index contributed by atoms with van der Waals surface area (Å²) in [6.45, 7) is 2.14. The van der Waals surface area contributed by atoms with Crippen LogP contribution in [0.5, 0.6) is 0 Å². The van der Waals surface area contributed by atoms with Gasteiger partial charge in [0.15, 0.2) is 12.6 Å². The molecule has 3 heterocycles. The fraction of sp³-hybridized carbons (Fsp3) is 0.294. The highest BCUT2D eigenvalue weighted by Gasteiger charge is 2.63. The van der Waals surface area contributed by atoms with Crippen LogP contribution in [-0.4, -0.2) is 74.6 Å². The van der Waals surface area contributed by atoms with Crippen LogP contribution in [0.1, 0.15) is 44.5 Å². The molecule has 12 nitrogen and oxygen atoms in total. The minimum absolute atomic E-state index is 0.144. The normalized spacial score (nSPS) is 25.4. The van der Waals surface area contributed by atoms with Crippen molar-refractivity contribution in [3.8, 4) is 0 Å². The Morgan fingerprint density at radius 2 is 0.625 bits per heavy atom. The summed E-state index contributed by atoms with van der Waals surface area (Å²) in [6.07, 6.45) is -8.70. The van der Waals surface area contributed by atoms with Crippen molar-refractivity contribution in [1.82, 2.24) is 0 Å². The van der Waals surface area contributed by atoms with Gasteiger partial charge in [-0.1, -0.05) is 243 Å². The van der Waals surface area contributed by atoms with E-state index in [1.807, 2.05) is 243 Å². The first-order valence-corrected chi connectivity index (χ1v) is 27.5. The monoisotopic (exact) mass is 1080 g/mol. The minimum Gasteiger partial charge on any atom is -0.374 e. The van der Waals surface area contributed by atoms with Gasteiger partial charge in [-0.2, -0.15) is 0 Å². The summed E-state index contributed by atoms with van der Waals surface area (Å²) in [5.74, 6) is -1.98. The smallest absolute Gasteiger partial charge is 0.315 e. The number of fused-ring (bicyclic) bond motifs is 1. The molecule has 80 heavy (non-hydrogen) atoms. The van der Waals surface area contributed by atoms with E-state index in [1.165, 1.54) is 0 Å². The number of hydrogen-bond acceptors (Lipinski definition) is 12. The maximum absolute atomic E-state index is 7.63. The van der Waals surface area contributed by atoms with E-state index >= 15 is 0 Å². The molecule has 12 heteroatoms. The molecule has 3 aliphatic rings. The van der Waals surface area contributed by atoms with Crippen LogP contribution < -0.4 is 0 Å². The average molecular weight is 1080 g/mol. The maximum atomic E-state index is 7.63. The lowest BCUT2D eigenvalue weighted by atomic mass is 9.97. The van der Waals surface area contributed by atoms with Crippen LogP contribution in [0.3, 0.4) is 0 Å². The summed E-state index contributed by atoms with van der Waals surface area (Å²) < 4.78 is 84.8. The van der Waals surface area contributed by atoms with Gasteiger partial charge in [-0.25, -0.2) is 0 Å². The van der Waals surface area contributed by atoms with Gasteiger partial charge in [-0.05, 0) is 38.9 Å². The van der Waals surface area contributed by atoms with Crippen molar-refractivity contribution in [2.24, 2.45) is 0 Å². The lowest BCUT2D eigenvalue weighted by molar-refractivity contribution is -0.428. The molecular weight excluding hydrogens is 1010 g/mol. The third kappa shape index (κ3) is 14.6. The molecule has 11 atom stereocenters. The van der Waals surface area contributed by atoms with Gasteiger partial charge in [0, 0.05) is 5.56 Å². The molecule has 412 valence electrons. The molecule has 0 radical (unpaired) electrons. The van der Waals surface area contributed by atoms with Crippen LogP contribution >= 0.6 is 0 Å². The second kappa shape index (κ2) is 28.1. The van der Waals surface area contributed by atoms with Crippen molar-refractivity contribution in [3.63, 3.8) is 0 Å². The summed E-state index contributed by atoms with van der Waals surface area (Å²) in [5.41, 5.74) is 7.40. The molecule has 0 aromatic heterocycles. The standard InChI is InChI=1S/C68H68O12/c1-9-25-50(26-10-1)41-69-48-58-60(71-43-52-29-13-3-14-30-52)62(73-45-54-33-17-5-18-34-54)64(66(76-58)75-47-56-37-21-7-22-38-56)78-68(57-39-23-8-24-40-57)79-65-63(74-46-55-35-19-6-20-36-55)61(72-44-53-31-15-4-16-32-53)59(77-67(65)80-68)49-70-42-51-27-11-2-12-28-51/h1-40,58-67H,41-49H2/t58-,59-,60-,61-,62+,63+,64+,65-,66+,67-,68?/m1/s1. The van der Waals surface area contributed by atoms with Gasteiger partial charge in [0.2, 0.25) is 0 Å². The van der Waals surface area contributed by atoms with Crippen LogP contribution in [0.4, 0.5) is 0 Å². The number of ether oxygens (including phenoxy) is 12. The molecule has 3 aliphatic heterocycles. The highest BCUT2D eigenvalue weighted by atomic mass is 17.0. The Morgan fingerprint density at radius 1 is 0.300 bits per heavy atom. The first-order valence-electron chi connectivity index (χ1n) is 27.5. The third-order valence-electron chi connectivity index (χ3n) is 14.3. The summed E-state index contributed by atoms with van der Waals surface area (Å²) in [6, 6.07) is 79.8. The van der Waals surface area contributed by atoms with E-state index in [4.69, 9.17) is 56.8 Å². The first kappa shape index (κ1) is 55.2. The lowest BCUT2D eigenvalue weighted by Gasteiger charge is -2.47. The highest BCUT2D eigenvalue weighted by Crippen LogP contribution is 2.48. The molecule has 0 saturated carbocycles. The Morgan fingerprint density at radius 3 is 1.04 bits per heavy atom. The summed E-state index contributed by atoms with van der Waals surface area (Å²) in [7, 11) is 0. The summed E-state index contributed by atoms with van der Waals surface area (Å²) >= 11 is 0. The van der Waals surface area contributed by atoms with Crippen LogP contribution in [-0.2, 0) is 109 Å². The second-order valence-electron chi connectivity index (χ2n) is 20.1. The summed E-state index contributed by atoms with van der Waals surface area (Å²) in [5, 5.41) is 0. The Labute approximate surface area is 468 Å². The molecule has 8 aromatic rings. The topological polar surface area (TPSA) is 111 Å². The number of rotatable bonds is 26. The maximum Gasteiger partial charge on any atom is 0.315 e. The molecule has 0 spiro atoms. The minimum atomic E-state index is -1.98. The van der Waals surface area contributed by atoms with E-state index < -0.39 is 67.4 Å². The number of hydrogen-bond donors (Lipinski definition) is 0. The van der Waals surface area contributed by atoms with E-state index in [0.717, 1.165) is 38.9 Å². The zero-order valence-corrected chi connectivity index (χ0v) is 44.6. The zero-order valence-electron chi connectivity index (χ0n) is 44.6. The van der Waals surface area contributed by atoms with Crippen molar-refractivity contribution in [1.29, 1.82) is 0 Å². The SMILES string of the molecule is c1ccc(COC[C@H]2O[C@H](OCc3ccccc3)[C@@H](OC3(c4ccccc4)O[C@H]4O[C@H](COCc5ccccc5)[C@@H](OCc5ccccc5)[C@H](OCc5ccccc5)[C@H]4O3)[C@@H](OCc3ccccc3)[C@@H]2OCc2ccccc2)cc1. The Balaban J connectivity index is 0.983. The van der Waals surface area contributed by atoms with Gasteiger partial charge in [0.25, 0.3) is 0 Å². The Hall–Kier alpha value is -6.72. The number of benzene rings is 8. The fourth-order valence-electron chi connectivity index (χ4n) is 10.3. The molecule has 8 aromatic carbocycles. The lowest BCUT2D eigenvalue weighted by Crippen LogP contribution is -2.63. The van der Waals surface area contributed by atoms with Gasteiger partial charge in [-0.15, -0.1) is 0 Å². The van der Waals surface area contributed by atoms with Crippen molar-refractivity contribution in [2.45, 2.75) is 114 Å². The molecule has 0 aliphatic carbocycles. The largest absolute Gasteiger partial charge is 0.374 e. The molecular formula is C68H68O12. The Bertz CT molecular complexity index is 3000. The average Bonchev–Trinajstić information content (AvgIpc) is 4.03. The van der Waals surface area contributed by atoms with Crippen LogP contribution in [0.2, 0.25) is 0 Å². The van der Waals surface area contributed by atoms with E-state index in [2.05, 4.69) is 0 Å². The summed E-state index contributed by atoms with van der Waals surface area (Å²) in [4.78, 5) is 0. The third-order valence-corrected chi connectivity index (χ3v) is 14.3. The molecule has 1 unspecified atom stereocenters. The second-order valence-corrected chi connectivity index (χ2v) is 20.1. The van der Waals surface area contributed by atoms with Gasteiger partial charge in [0.1, 0.15) is 48.8 Å². The van der Waals surface area contributed by atoms with E-state index in [1.54, 1.807) is 0 Å². The van der Waals surface area contributed by atoms with Crippen LogP contribution in [0, 0.1) is 0 Å². The molecule has 0 bridgehead atoms. The van der Waals surface area contributed by atoms with E-state index in [0.29, 0.717) is 18.8 Å². The van der Waals surface area contributed by atoms with Gasteiger partial charge in [0.05, 0.1) is 59.5 Å². The molecule has 11 rings (SSSR count). The predicted octanol–water partition coefficient (Wildman–Crippen LogP) is 12.0. The Kier molecular flexibility index (Phi) is 19.4. The predicted molar refractivity (Wildman–Crippen MR) is 300 cm³/mol. The van der Waals surface area contributed by atoms with Crippen molar-refractivity contribution >= 4 is 0 Å². The van der Waals surface area contributed by atoms with Crippen molar-refractivity contribution < 1.29 is 56.8 Å². The molecule has 3 saturated heterocycles.